The van der Waals surface area contributed by atoms with E-state index in [0.717, 1.165) is 88.7 Å². The molecular weight excluding hydrogens is 955 g/mol. The smallest absolute Gasteiger partial charge is 0.407 e. The van der Waals surface area contributed by atoms with Crippen molar-refractivity contribution in [3.8, 4) is 29.0 Å². The number of piperazine rings is 1. The summed E-state index contributed by atoms with van der Waals surface area (Å²) in [6, 6.07) is 9.21. The summed E-state index contributed by atoms with van der Waals surface area (Å²) in [4.78, 5) is 68.0. The van der Waals surface area contributed by atoms with Crippen molar-refractivity contribution in [2.24, 2.45) is 0 Å². The number of imide groups is 1. The average molecular weight is 1010 g/mol. The van der Waals surface area contributed by atoms with Crippen LogP contribution >= 0.6 is 11.6 Å². The van der Waals surface area contributed by atoms with Gasteiger partial charge in [0.2, 0.25) is 11.8 Å². The van der Waals surface area contributed by atoms with Crippen LogP contribution in [0, 0.1) is 28.8 Å². The normalized spacial score (nSPS) is 21.1. The number of aromatic nitrogens is 2. The van der Waals surface area contributed by atoms with Gasteiger partial charge in [-0.05, 0) is 126 Å². The largest absolute Gasteiger partial charge is 0.493 e. The third-order valence-corrected chi connectivity index (χ3v) is 15.4. The van der Waals surface area contributed by atoms with Crippen LogP contribution in [0.25, 0.3) is 22.0 Å². The van der Waals surface area contributed by atoms with Crippen molar-refractivity contribution in [3.63, 3.8) is 0 Å². The van der Waals surface area contributed by atoms with Crippen LogP contribution in [0.4, 0.5) is 23.8 Å². The number of likely N-dealkylation sites (N-methyl/N-ethyl adjacent to an activating group) is 1. The van der Waals surface area contributed by atoms with Gasteiger partial charge in [0, 0.05) is 55.2 Å². The third kappa shape index (κ3) is 10.8. The van der Waals surface area contributed by atoms with Crippen molar-refractivity contribution in [1.82, 2.24) is 34.9 Å². The number of nitriles is 1. The van der Waals surface area contributed by atoms with E-state index in [-0.39, 0.29) is 127 Å². The van der Waals surface area contributed by atoms with E-state index in [1.165, 1.54) is 40.1 Å². The average Bonchev–Trinajstić information content (AvgIpc) is 3.93. The molecule has 3 aromatic carbocycles. The first kappa shape index (κ1) is 50.7. The van der Waals surface area contributed by atoms with Crippen LogP contribution < -0.4 is 19.7 Å². The Hall–Kier alpha value is -6.23. The van der Waals surface area contributed by atoms with E-state index in [2.05, 4.69) is 26.2 Å². The number of benzene rings is 3. The maximum absolute atomic E-state index is 17.2. The minimum Gasteiger partial charge on any atom is -0.493 e. The Labute approximate surface area is 421 Å². The van der Waals surface area contributed by atoms with Crippen LogP contribution in [0.2, 0.25) is 5.02 Å². The van der Waals surface area contributed by atoms with Gasteiger partial charge in [-0.1, -0.05) is 36.9 Å². The highest BCUT2D eigenvalue weighted by molar-refractivity contribution is 6.34. The summed E-state index contributed by atoms with van der Waals surface area (Å²) in [6.07, 6.45) is 7.18. The highest BCUT2D eigenvalue weighted by Crippen LogP contribution is 2.44. The van der Waals surface area contributed by atoms with Gasteiger partial charge in [0.1, 0.15) is 41.4 Å². The zero-order valence-corrected chi connectivity index (χ0v) is 41.1. The van der Waals surface area contributed by atoms with E-state index >= 15 is 8.78 Å². The number of fused-ring (bicyclic) bond motifs is 2. The van der Waals surface area contributed by atoms with Gasteiger partial charge >= 0.3 is 12.1 Å². The Kier molecular flexibility index (Phi) is 15.7. The summed E-state index contributed by atoms with van der Waals surface area (Å²) < 4.78 is 60.3. The maximum atomic E-state index is 17.2. The molecule has 1 aromatic heterocycles. The molecule has 3 atom stereocenters. The monoisotopic (exact) mass is 1010 g/mol. The number of hydrogen-bond donors (Lipinski definition) is 2. The number of nitrogens with zero attached hydrogens (tertiary/aromatic N) is 8. The number of hydrogen-bond acceptors (Lipinski definition) is 12. The lowest BCUT2D eigenvalue weighted by Gasteiger charge is -2.40. The van der Waals surface area contributed by atoms with Gasteiger partial charge in [0.05, 0.1) is 35.7 Å². The number of halogens is 4. The van der Waals surface area contributed by atoms with Gasteiger partial charge in [-0.2, -0.15) is 15.2 Å². The minimum absolute atomic E-state index is 0.0623. The molecule has 2 N–H and O–H groups in total. The molecule has 72 heavy (non-hydrogen) atoms. The lowest BCUT2D eigenvalue weighted by Crippen LogP contribution is -2.55. The topological polar surface area (TPSA) is 185 Å². The van der Waals surface area contributed by atoms with E-state index in [1.54, 1.807) is 11.0 Å². The van der Waals surface area contributed by atoms with E-state index in [0.29, 0.717) is 12.0 Å². The number of amides is 4. The van der Waals surface area contributed by atoms with Crippen molar-refractivity contribution in [1.29, 1.82) is 5.26 Å². The molecule has 4 fully saturated rings. The second kappa shape index (κ2) is 22.3. The zero-order valence-electron chi connectivity index (χ0n) is 40.3. The van der Waals surface area contributed by atoms with E-state index in [9.17, 15) is 33.9 Å². The summed E-state index contributed by atoms with van der Waals surface area (Å²) in [5.74, 6) is -2.85. The molecule has 0 aliphatic carbocycles. The second-order valence-corrected chi connectivity index (χ2v) is 20.0. The molecule has 0 spiro atoms. The zero-order chi connectivity index (χ0) is 50.6. The number of carboxylic acid groups (broad SMARTS) is 1. The first-order valence-electron chi connectivity index (χ1n) is 25.0. The number of carbonyl (C=O) groups excluding carboxylic acids is 3. The van der Waals surface area contributed by atoms with Gasteiger partial charge in [0.25, 0.3) is 5.91 Å². The Morgan fingerprint density at radius 1 is 0.931 bits per heavy atom. The quantitative estimate of drug-likeness (QED) is 0.0770. The van der Waals surface area contributed by atoms with Crippen molar-refractivity contribution in [3.05, 3.63) is 75.6 Å². The molecule has 3 unspecified atom stereocenters. The maximum Gasteiger partial charge on any atom is 0.407 e. The number of ether oxygens (including phenoxy) is 2. The third-order valence-electron chi connectivity index (χ3n) is 15.1. The molecule has 9 rings (SSSR count). The minimum atomic E-state index is -1.14. The summed E-state index contributed by atoms with van der Waals surface area (Å²) in [5.41, 5.74) is 1.38. The van der Waals surface area contributed by atoms with Crippen LogP contribution in [-0.2, 0) is 16.1 Å². The standard InChI is InChI=1S/C52H59ClF3N9O7/c1-61-18-8-9-34(61)30-72-51-59-47-37(48(60-51)63-22-23-64(52(69)70)33(28-63)14-17-57)27-39(53)44(46(47)56)45-40(55)10-7-11-42(45)71-24-6-4-2-3-5-19-62-20-15-31(16-21-62)35-25-32(54)26-36-38(35)29-65(50(36)68)41-12-13-43(66)58-49(41)67/h7,10-11,25-27,31,33-34,41H,2-6,8-9,12-16,18-24,28-30H2,1H3,(H,69,70)(H,58,66,67). The van der Waals surface area contributed by atoms with Crippen LogP contribution in [0.1, 0.15) is 104 Å². The van der Waals surface area contributed by atoms with Gasteiger partial charge in [-0.3, -0.25) is 19.7 Å². The number of carbonyl (C=O) groups is 4. The Morgan fingerprint density at radius 3 is 2.47 bits per heavy atom. The van der Waals surface area contributed by atoms with Gasteiger partial charge in [-0.15, -0.1) is 0 Å². The number of unbranched alkanes of at least 4 members (excludes halogenated alkanes) is 4. The number of piperidine rings is 2. The van der Waals surface area contributed by atoms with Crippen LogP contribution in [0.3, 0.4) is 0 Å². The van der Waals surface area contributed by atoms with Gasteiger partial charge in [0.15, 0.2) is 5.82 Å². The molecule has 20 heteroatoms. The SMILES string of the molecule is CN1CCCC1COc1nc(N2CCN(C(=O)O)C(CC#N)C2)c2cc(Cl)c(-c3c(F)cccc3OCCCCCCCN3CCC(c4cc(F)cc5c4CN(C4CCC(=O)NC4=O)C5=O)CC3)c(F)c2n1. The van der Waals surface area contributed by atoms with Crippen molar-refractivity contribution >= 4 is 52.1 Å². The fraction of sp³-hybridized carbons (Fsp3) is 0.519. The van der Waals surface area contributed by atoms with Crippen LogP contribution in [0.5, 0.6) is 11.8 Å². The molecule has 4 saturated heterocycles. The Balaban J connectivity index is 0.800. The molecule has 16 nitrogen and oxygen atoms in total. The highest BCUT2D eigenvalue weighted by atomic mass is 35.5. The summed E-state index contributed by atoms with van der Waals surface area (Å²) in [5, 5.41) is 21.8. The van der Waals surface area contributed by atoms with Crippen LogP contribution in [0.15, 0.2) is 36.4 Å². The van der Waals surface area contributed by atoms with Crippen molar-refractivity contribution in [2.75, 3.05) is 71.0 Å². The summed E-state index contributed by atoms with van der Waals surface area (Å²) in [6.45, 7) is 4.60. The van der Waals surface area contributed by atoms with E-state index < -0.39 is 41.5 Å². The lowest BCUT2D eigenvalue weighted by molar-refractivity contribution is -0.136. The Morgan fingerprint density at radius 2 is 1.72 bits per heavy atom. The fourth-order valence-electron chi connectivity index (χ4n) is 11.1. The number of nitrogens with one attached hydrogen (secondary N) is 1. The lowest BCUT2D eigenvalue weighted by atomic mass is 9.85. The Bertz CT molecular complexity index is 2770. The molecule has 0 radical (unpaired) electrons. The summed E-state index contributed by atoms with van der Waals surface area (Å²) >= 11 is 6.88. The first-order chi connectivity index (χ1) is 34.8. The molecule has 5 aliphatic rings. The molecular formula is C52H59ClF3N9O7. The molecule has 6 heterocycles. The van der Waals surface area contributed by atoms with Gasteiger partial charge in [-0.25, -0.2) is 18.0 Å². The molecule has 4 aromatic rings. The first-order valence-corrected chi connectivity index (χ1v) is 25.4. The number of rotatable bonds is 17. The van der Waals surface area contributed by atoms with E-state index in [4.69, 9.17) is 26.1 Å². The van der Waals surface area contributed by atoms with Gasteiger partial charge < -0.3 is 39.1 Å². The predicted molar refractivity (Wildman–Crippen MR) is 261 cm³/mol. The van der Waals surface area contributed by atoms with Crippen LogP contribution in [-0.4, -0.2) is 143 Å². The van der Waals surface area contributed by atoms with Crippen molar-refractivity contribution in [2.45, 2.75) is 108 Å². The fourth-order valence-corrected chi connectivity index (χ4v) is 11.4. The molecule has 0 saturated carbocycles. The molecule has 5 aliphatic heterocycles. The second-order valence-electron chi connectivity index (χ2n) is 19.6. The molecule has 0 bridgehead atoms. The number of likely N-dealkylation sites (tertiary alicyclic amines) is 2. The molecule has 4 amide bonds. The number of anilines is 1. The molecule has 382 valence electrons. The predicted octanol–water partition coefficient (Wildman–Crippen LogP) is 7.89. The van der Waals surface area contributed by atoms with Crippen molar-refractivity contribution < 1.29 is 46.9 Å². The van der Waals surface area contributed by atoms with E-state index in [1.807, 2.05) is 7.05 Å². The summed E-state index contributed by atoms with van der Waals surface area (Å²) in [7, 11) is 2.00. The highest BCUT2D eigenvalue weighted by Gasteiger charge is 2.41.